The van der Waals surface area contributed by atoms with Crippen molar-refractivity contribution in [2.75, 3.05) is 23.3 Å². The minimum atomic E-state index is -0.478. The molecule has 1 aromatic heterocycles. The molecule has 0 unspecified atom stereocenters. The zero-order chi connectivity index (χ0) is 23.8. The fourth-order valence-electron chi connectivity index (χ4n) is 4.02. The van der Waals surface area contributed by atoms with Crippen LogP contribution in [0, 0.1) is 10.1 Å². The predicted molar refractivity (Wildman–Crippen MR) is 132 cm³/mol. The Morgan fingerprint density at radius 1 is 1.06 bits per heavy atom. The molecule has 0 bridgehead atoms. The Labute approximate surface area is 204 Å². The van der Waals surface area contributed by atoms with Crippen LogP contribution in [0.25, 0.3) is 22.6 Å². The second-order valence-corrected chi connectivity index (χ2v) is 8.78. The van der Waals surface area contributed by atoms with Gasteiger partial charge in [-0.3, -0.25) is 14.9 Å². The van der Waals surface area contributed by atoms with Crippen LogP contribution in [0.15, 0.2) is 59.0 Å². The molecular weight excluding hydrogens is 479 g/mol. The molecule has 172 valence electrons. The number of hydrogen-bond acceptors (Lipinski definition) is 6. The fraction of sp³-hybridized carbons (Fsp3) is 0.167. The third-order valence-electron chi connectivity index (χ3n) is 5.69. The normalized spacial score (nSPS) is 13.4. The number of nitro groups is 1. The molecule has 2 heterocycles. The summed E-state index contributed by atoms with van der Waals surface area (Å²) in [5, 5.41) is 15.3. The fourth-order valence-corrected chi connectivity index (χ4v) is 4.39. The van der Waals surface area contributed by atoms with Gasteiger partial charge in [0.15, 0.2) is 5.58 Å². The number of oxazole rings is 1. The number of carbonyl (C=O) groups is 1. The first-order valence-corrected chi connectivity index (χ1v) is 11.4. The number of nitro benzene ring substituents is 1. The number of benzene rings is 3. The highest BCUT2D eigenvalue weighted by atomic mass is 35.5. The van der Waals surface area contributed by atoms with Gasteiger partial charge in [0.2, 0.25) is 5.89 Å². The number of nitrogens with one attached hydrogen (secondary N) is 1. The average Bonchev–Trinajstić information content (AvgIpc) is 3.49. The first-order valence-electron chi connectivity index (χ1n) is 10.6. The van der Waals surface area contributed by atoms with E-state index in [1.807, 2.05) is 4.90 Å². The lowest BCUT2D eigenvalue weighted by atomic mass is 10.1. The second-order valence-electron chi connectivity index (χ2n) is 7.93. The standard InChI is InChI=1S/C24H18Cl2N4O4/c25-15-4-8-22-19(12-15)28-24(34-22)17-13-16(5-6-18(17)26)27-23(31)14-3-7-20(21(11-14)30(32)33)29-9-1-2-10-29/h3-8,11-13H,1-2,9-10H2,(H,27,31). The zero-order valence-electron chi connectivity index (χ0n) is 17.8. The van der Waals surface area contributed by atoms with Gasteiger partial charge in [0, 0.05) is 35.4 Å². The van der Waals surface area contributed by atoms with E-state index in [0.717, 1.165) is 25.9 Å². The predicted octanol–water partition coefficient (Wildman–Crippen LogP) is 6.56. The van der Waals surface area contributed by atoms with Crippen LogP contribution in [0.1, 0.15) is 23.2 Å². The van der Waals surface area contributed by atoms with Crippen LogP contribution in [0.2, 0.25) is 10.0 Å². The van der Waals surface area contributed by atoms with Crippen molar-refractivity contribution in [1.29, 1.82) is 0 Å². The molecule has 1 aliphatic heterocycles. The number of nitrogens with zero attached hydrogens (tertiary/aromatic N) is 3. The maximum atomic E-state index is 12.9. The van der Waals surface area contributed by atoms with Crippen LogP contribution >= 0.6 is 23.2 Å². The molecule has 0 saturated carbocycles. The van der Waals surface area contributed by atoms with Gasteiger partial charge in [0.05, 0.1) is 15.5 Å². The van der Waals surface area contributed by atoms with Gasteiger partial charge >= 0.3 is 0 Å². The third-order valence-corrected chi connectivity index (χ3v) is 6.25. The number of aromatic nitrogens is 1. The largest absolute Gasteiger partial charge is 0.436 e. The molecule has 0 aliphatic carbocycles. The summed E-state index contributed by atoms with van der Waals surface area (Å²) in [6.45, 7) is 1.53. The Hall–Kier alpha value is -3.62. The minimum Gasteiger partial charge on any atom is -0.436 e. The molecule has 0 atom stereocenters. The number of rotatable bonds is 5. The van der Waals surface area contributed by atoms with Gasteiger partial charge in [-0.05, 0) is 61.4 Å². The Balaban J connectivity index is 1.42. The third kappa shape index (κ3) is 4.30. The molecule has 34 heavy (non-hydrogen) atoms. The molecular formula is C24H18Cl2N4O4. The minimum absolute atomic E-state index is 0.0866. The Morgan fingerprint density at radius 3 is 2.62 bits per heavy atom. The van der Waals surface area contributed by atoms with Gasteiger partial charge in [-0.15, -0.1) is 0 Å². The monoisotopic (exact) mass is 496 g/mol. The maximum absolute atomic E-state index is 12.9. The Morgan fingerprint density at radius 2 is 1.85 bits per heavy atom. The number of amides is 1. The molecule has 1 aliphatic rings. The Kier molecular flexibility index (Phi) is 5.85. The highest BCUT2D eigenvalue weighted by Gasteiger charge is 2.24. The van der Waals surface area contributed by atoms with Crippen molar-refractivity contribution in [3.8, 4) is 11.5 Å². The smallest absolute Gasteiger partial charge is 0.293 e. The van der Waals surface area contributed by atoms with Crippen molar-refractivity contribution in [3.63, 3.8) is 0 Å². The van der Waals surface area contributed by atoms with E-state index in [4.69, 9.17) is 27.6 Å². The van der Waals surface area contributed by atoms with Crippen LogP contribution in [0.4, 0.5) is 17.1 Å². The number of hydrogen-bond donors (Lipinski definition) is 1. The van der Waals surface area contributed by atoms with Crippen molar-refractivity contribution in [2.45, 2.75) is 12.8 Å². The number of carbonyl (C=O) groups excluding carboxylic acids is 1. The van der Waals surface area contributed by atoms with E-state index in [9.17, 15) is 14.9 Å². The zero-order valence-corrected chi connectivity index (χ0v) is 19.3. The SMILES string of the molecule is O=C(Nc1ccc(Cl)c(-c2nc3cc(Cl)ccc3o2)c1)c1ccc(N2CCCC2)c([N+](=O)[O-])c1. The molecule has 1 N–H and O–H groups in total. The topological polar surface area (TPSA) is 102 Å². The van der Waals surface area contributed by atoms with Gasteiger partial charge in [0.1, 0.15) is 11.2 Å². The van der Waals surface area contributed by atoms with Crippen LogP contribution in [0.3, 0.4) is 0 Å². The molecule has 10 heteroatoms. The lowest BCUT2D eigenvalue weighted by Gasteiger charge is -2.17. The van der Waals surface area contributed by atoms with Gasteiger partial charge in [-0.1, -0.05) is 23.2 Å². The Bertz CT molecular complexity index is 1430. The summed E-state index contributed by atoms with van der Waals surface area (Å²) < 4.78 is 5.79. The van der Waals surface area contributed by atoms with Gasteiger partial charge in [-0.25, -0.2) is 4.98 Å². The van der Waals surface area contributed by atoms with E-state index in [1.165, 1.54) is 6.07 Å². The number of anilines is 2. The first kappa shape index (κ1) is 22.2. The van der Waals surface area contributed by atoms with Crippen LogP contribution < -0.4 is 10.2 Å². The highest BCUT2D eigenvalue weighted by molar-refractivity contribution is 6.33. The molecule has 1 amide bonds. The lowest BCUT2D eigenvalue weighted by molar-refractivity contribution is -0.384. The number of halogens is 2. The van der Waals surface area contributed by atoms with Crippen molar-refractivity contribution in [3.05, 3.63) is 80.3 Å². The van der Waals surface area contributed by atoms with Crippen molar-refractivity contribution in [2.24, 2.45) is 0 Å². The molecule has 1 saturated heterocycles. The van der Waals surface area contributed by atoms with E-state index >= 15 is 0 Å². The van der Waals surface area contributed by atoms with Crippen molar-refractivity contribution >= 4 is 57.3 Å². The quantitative estimate of drug-likeness (QED) is 0.248. The van der Waals surface area contributed by atoms with Gasteiger partial charge < -0.3 is 14.6 Å². The summed E-state index contributed by atoms with van der Waals surface area (Å²) in [4.78, 5) is 30.5. The van der Waals surface area contributed by atoms with Gasteiger partial charge in [-0.2, -0.15) is 0 Å². The number of fused-ring (bicyclic) bond motifs is 1. The first-order chi connectivity index (χ1) is 16.4. The average molecular weight is 497 g/mol. The molecule has 1 fully saturated rings. The second kappa shape index (κ2) is 8.96. The summed E-state index contributed by atoms with van der Waals surface area (Å²) >= 11 is 12.4. The van der Waals surface area contributed by atoms with Gasteiger partial charge in [0.25, 0.3) is 11.6 Å². The molecule has 0 spiro atoms. The molecule has 5 rings (SSSR count). The summed E-state index contributed by atoms with van der Waals surface area (Å²) in [6, 6.07) is 14.5. The van der Waals surface area contributed by atoms with Crippen LogP contribution in [-0.4, -0.2) is 28.9 Å². The maximum Gasteiger partial charge on any atom is 0.293 e. The van der Waals surface area contributed by atoms with Crippen LogP contribution in [-0.2, 0) is 0 Å². The van der Waals surface area contributed by atoms with E-state index in [0.29, 0.717) is 38.1 Å². The summed E-state index contributed by atoms with van der Waals surface area (Å²) in [5.74, 6) is -0.197. The molecule has 4 aromatic rings. The summed E-state index contributed by atoms with van der Waals surface area (Å²) in [6.07, 6.45) is 1.98. The highest BCUT2D eigenvalue weighted by Crippen LogP contribution is 2.34. The molecule has 3 aromatic carbocycles. The molecule has 8 nitrogen and oxygen atoms in total. The van der Waals surface area contributed by atoms with Crippen LogP contribution in [0.5, 0.6) is 0 Å². The van der Waals surface area contributed by atoms with Crippen molar-refractivity contribution in [1.82, 2.24) is 4.98 Å². The molecule has 0 radical (unpaired) electrons. The van der Waals surface area contributed by atoms with E-state index in [1.54, 1.807) is 48.5 Å². The van der Waals surface area contributed by atoms with E-state index < -0.39 is 10.8 Å². The lowest BCUT2D eigenvalue weighted by Crippen LogP contribution is -2.19. The van der Waals surface area contributed by atoms with E-state index in [-0.39, 0.29) is 17.1 Å². The summed E-state index contributed by atoms with van der Waals surface area (Å²) in [7, 11) is 0. The van der Waals surface area contributed by atoms with Crippen molar-refractivity contribution < 1.29 is 14.1 Å². The summed E-state index contributed by atoms with van der Waals surface area (Å²) in [5.41, 5.74) is 2.69. The van der Waals surface area contributed by atoms with E-state index in [2.05, 4.69) is 10.3 Å².